The van der Waals surface area contributed by atoms with Gasteiger partial charge < -0.3 is 20.7 Å². The highest BCUT2D eigenvalue weighted by molar-refractivity contribution is 5.69. The van der Waals surface area contributed by atoms with Crippen molar-refractivity contribution in [2.75, 3.05) is 12.8 Å². The van der Waals surface area contributed by atoms with Crippen molar-refractivity contribution >= 4 is 11.8 Å². The van der Waals surface area contributed by atoms with Crippen molar-refractivity contribution in [1.82, 2.24) is 4.98 Å². The second-order valence-electron chi connectivity index (χ2n) is 3.27. The van der Waals surface area contributed by atoms with Crippen molar-refractivity contribution in [2.24, 2.45) is 0 Å². The maximum absolute atomic E-state index is 10.9. The first-order chi connectivity index (χ1) is 7.56. The predicted octanol–water partition coefficient (Wildman–Crippen LogP) is -0.379. The Labute approximate surface area is 92.7 Å². The predicted molar refractivity (Wildman–Crippen MR) is 56.2 cm³/mol. The van der Waals surface area contributed by atoms with Gasteiger partial charge in [-0.1, -0.05) is 6.07 Å². The second kappa shape index (κ2) is 5.43. The van der Waals surface area contributed by atoms with Gasteiger partial charge in [0.05, 0.1) is 19.6 Å². The first-order valence-corrected chi connectivity index (χ1v) is 4.69. The molecule has 0 bridgehead atoms. The van der Waals surface area contributed by atoms with E-state index in [1.807, 2.05) is 0 Å². The van der Waals surface area contributed by atoms with Gasteiger partial charge in [0, 0.05) is 11.8 Å². The van der Waals surface area contributed by atoms with Gasteiger partial charge in [0.15, 0.2) is 0 Å². The molecule has 4 N–H and O–H groups in total. The number of methoxy groups -OCH3 is 1. The number of aliphatic hydroxyl groups excluding tert-OH is 2. The SMILES string of the molecule is COC(=O)CC(O)C(O)c1cccnc1N. The number of aliphatic hydroxyl groups is 2. The first kappa shape index (κ1) is 12.4. The second-order valence-corrected chi connectivity index (χ2v) is 3.27. The molecule has 0 saturated heterocycles. The summed E-state index contributed by atoms with van der Waals surface area (Å²) in [6.45, 7) is 0. The summed E-state index contributed by atoms with van der Waals surface area (Å²) in [6, 6.07) is 3.12. The lowest BCUT2D eigenvalue weighted by Gasteiger charge is -2.17. The Morgan fingerprint density at radius 2 is 2.31 bits per heavy atom. The summed E-state index contributed by atoms with van der Waals surface area (Å²) in [7, 11) is 1.21. The highest BCUT2D eigenvalue weighted by Crippen LogP contribution is 2.22. The summed E-state index contributed by atoms with van der Waals surface area (Å²) in [5.74, 6) is -0.479. The number of carbonyl (C=O) groups is 1. The summed E-state index contributed by atoms with van der Waals surface area (Å²) in [4.78, 5) is 14.7. The standard InChI is InChI=1S/C10H14N2O4/c1-16-8(14)5-7(13)9(15)6-3-2-4-12-10(6)11/h2-4,7,9,13,15H,5H2,1H3,(H2,11,12). The Bertz CT molecular complexity index is 370. The van der Waals surface area contributed by atoms with Crippen molar-refractivity contribution in [1.29, 1.82) is 0 Å². The number of anilines is 1. The van der Waals surface area contributed by atoms with Gasteiger partial charge in [-0.25, -0.2) is 4.98 Å². The summed E-state index contributed by atoms with van der Waals surface area (Å²) in [6.07, 6.45) is -1.35. The van der Waals surface area contributed by atoms with Crippen LogP contribution < -0.4 is 5.73 Å². The van der Waals surface area contributed by atoms with E-state index in [0.29, 0.717) is 5.56 Å². The van der Waals surface area contributed by atoms with Crippen LogP contribution in [-0.4, -0.2) is 34.4 Å². The van der Waals surface area contributed by atoms with Crippen LogP contribution >= 0.6 is 0 Å². The number of hydrogen-bond donors (Lipinski definition) is 3. The third-order valence-corrected chi connectivity index (χ3v) is 2.16. The summed E-state index contributed by atoms with van der Waals surface area (Å²) < 4.78 is 4.38. The maximum Gasteiger partial charge on any atom is 0.308 e. The van der Waals surface area contributed by atoms with Gasteiger partial charge in [-0.15, -0.1) is 0 Å². The van der Waals surface area contributed by atoms with Crippen LogP contribution in [0.15, 0.2) is 18.3 Å². The average molecular weight is 226 g/mol. The summed E-state index contributed by atoms with van der Waals surface area (Å²) >= 11 is 0. The zero-order valence-electron chi connectivity index (χ0n) is 8.83. The van der Waals surface area contributed by atoms with Gasteiger partial charge in [-0.05, 0) is 6.07 Å². The number of esters is 1. The summed E-state index contributed by atoms with van der Waals surface area (Å²) in [5.41, 5.74) is 5.81. The molecular formula is C10H14N2O4. The fraction of sp³-hybridized carbons (Fsp3) is 0.400. The lowest BCUT2D eigenvalue weighted by molar-refractivity contribution is -0.144. The normalized spacial score (nSPS) is 14.2. The molecule has 0 saturated carbocycles. The van der Waals surface area contributed by atoms with Crippen LogP contribution in [-0.2, 0) is 9.53 Å². The molecule has 1 rings (SSSR count). The molecule has 0 radical (unpaired) electrons. The fourth-order valence-electron chi connectivity index (χ4n) is 1.25. The third kappa shape index (κ3) is 2.91. The Morgan fingerprint density at radius 1 is 1.62 bits per heavy atom. The van der Waals surface area contributed by atoms with Crippen LogP contribution in [0.25, 0.3) is 0 Å². The highest BCUT2D eigenvalue weighted by atomic mass is 16.5. The lowest BCUT2D eigenvalue weighted by Crippen LogP contribution is -2.23. The molecule has 16 heavy (non-hydrogen) atoms. The van der Waals surface area contributed by atoms with Gasteiger partial charge in [0.25, 0.3) is 0 Å². The Morgan fingerprint density at radius 3 is 2.88 bits per heavy atom. The monoisotopic (exact) mass is 226 g/mol. The Hall–Kier alpha value is -1.66. The molecule has 0 aliphatic heterocycles. The number of ether oxygens (including phenoxy) is 1. The number of pyridine rings is 1. The number of rotatable bonds is 4. The number of hydrogen-bond acceptors (Lipinski definition) is 6. The molecule has 0 aliphatic rings. The number of nitrogens with zero attached hydrogens (tertiary/aromatic N) is 1. The smallest absolute Gasteiger partial charge is 0.308 e. The van der Waals surface area contributed by atoms with Gasteiger partial charge in [-0.3, -0.25) is 4.79 Å². The van der Waals surface area contributed by atoms with E-state index in [1.54, 1.807) is 6.07 Å². The third-order valence-electron chi connectivity index (χ3n) is 2.16. The van der Waals surface area contributed by atoms with Crippen LogP contribution in [0, 0.1) is 0 Å². The van der Waals surface area contributed by atoms with Crippen LogP contribution in [0.2, 0.25) is 0 Å². The molecule has 6 heteroatoms. The van der Waals surface area contributed by atoms with Crippen LogP contribution in [0.1, 0.15) is 18.1 Å². The van der Waals surface area contributed by atoms with Crippen molar-refractivity contribution < 1.29 is 19.7 Å². The van der Waals surface area contributed by atoms with Crippen LogP contribution in [0.5, 0.6) is 0 Å². The van der Waals surface area contributed by atoms with E-state index in [2.05, 4.69) is 9.72 Å². The average Bonchev–Trinajstić information content (AvgIpc) is 2.28. The van der Waals surface area contributed by atoms with Gasteiger partial charge in [0.1, 0.15) is 11.9 Å². The number of aromatic nitrogens is 1. The molecule has 0 aliphatic carbocycles. The van der Waals surface area contributed by atoms with Gasteiger partial charge in [-0.2, -0.15) is 0 Å². The minimum atomic E-state index is -1.26. The van der Waals surface area contributed by atoms with Crippen LogP contribution in [0.4, 0.5) is 5.82 Å². The van der Waals surface area contributed by atoms with Crippen molar-refractivity contribution in [3.8, 4) is 0 Å². The number of nitrogens with two attached hydrogens (primary N) is 1. The molecule has 2 atom stereocenters. The zero-order chi connectivity index (χ0) is 12.1. The highest BCUT2D eigenvalue weighted by Gasteiger charge is 2.23. The van der Waals surface area contributed by atoms with E-state index in [-0.39, 0.29) is 12.2 Å². The van der Waals surface area contributed by atoms with E-state index in [0.717, 1.165) is 0 Å². The molecule has 6 nitrogen and oxygen atoms in total. The Kier molecular flexibility index (Phi) is 4.21. The van der Waals surface area contributed by atoms with E-state index >= 15 is 0 Å². The largest absolute Gasteiger partial charge is 0.469 e. The molecule has 0 spiro atoms. The van der Waals surface area contributed by atoms with E-state index in [4.69, 9.17) is 5.73 Å². The minimum Gasteiger partial charge on any atom is -0.469 e. The fourth-order valence-corrected chi connectivity index (χ4v) is 1.25. The topological polar surface area (TPSA) is 106 Å². The molecular weight excluding hydrogens is 212 g/mol. The molecule has 0 fully saturated rings. The number of nitrogen functional groups attached to an aromatic ring is 1. The minimum absolute atomic E-state index is 0.124. The molecule has 0 aromatic carbocycles. The number of carbonyl (C=O) groups excluding carboxylic acids is 1. The lowest BCUT2D eigenvalue weighted by atomic mass is 10.0. The van der Waals surface area contributed by atoms with Crippen molar-refractivity contribution in [3.63, 3.8) is 0 Å². The maximum atomic E-state index is 10.9. The molecule has 0 amide bonds. The molecule has 88 valence electrons. The van der Waals surface area contributed by atoms with E-state index < -0.39 is 18.2 Å². The zero-order valence-corrected chi connectivity index (χ0v) is 8.83. The van der Waals surface area contributed by atoms with E-state index in [1.165, 1.54) is 19.4 Å². The molecule has 2 unspecified atom stereocenters. The van der Waals surface area contributed by atoms with Crippen LogP contribution in [0.3, 0.4) is 0 Å². The molecule has 1 aromatic rings. The summed E-state index contributed by atoms with van der Waals surface area (Å²) in [5, 5.41) is 19.3. The van der Waals surface area contributed by atoms with E-state index in [9.17, 15) is 15.0 Å². The van der Waals surface area contributed by atoms with Gasteiger partial charge >= 0.3 is 5.97 Å². The molecule has 1 aromatic heterocycles. The first-order valence-electron chi connectivity index (χ1n) is 4.69. The Balaban J connectivity index is 2.74. The van der Waals surface area contributed by atoms with Crippen molar-refractivity contribution in [2.45, 2.75) is 18.6 Å². The van der Waals surface area contributed by atoms with Crippen molar-refractivity contribution in [3.05, 3.63) is 23.9 Å². The van der Waals surface area contributed by atoms with Gasteiger partial charge in [0.2, 0.25) is 0 Å². The quantitative estimate of drug-likeness (QED) is 0.604. The molecule has 1 heterocycles.